The van der Waals surface area contributed by atoms with E-state index in [0.717, 1.165) is 29.8 Å². The van der Waals surface area contributed by atoms with Gasteiger partial charge in [-0.25, -0.2) is 4.98 Å². The minimum Gasteiger partial charge on any atom is -0.348 e. The van der Waals surface area contributed by atoms with Crippen LogP contribution in [0, 0.1) is 6.92 Å². The second-order valence-electron chi connectivity index (χ2n) is 6.06. The molecule has 0 saturated heterocycles. The Kier molecular flexibility index (Phi) is 3.93. The molecule has 3 heterocycles. The van der Waals surface area contributed by atoms with E-state index in [1.807, 2.05) is 29.0 Å². The molecular weight excluding hydrogens is 336 g/mol. The number of pyridine rings is 2. The van der Waals surface area contributed by atoms with Crippen LogP contribution in [-0.2, 0) is 0 Å². The van der Waals surface area contributed by atoms with Gasteiger partial charge >= 0.3 is 0 Å². The molecule has 1 fully saturated rings. The van der Waals surface area contributed by atoms with Gasteiger partial charge in [0.1, 0.15) is 5.56 Å². The Balaban J connectivity index is 1.58. The van der Waals surface area contributed by atoms with E-state index in [4.69, 9.17) is 0 Å². The number of carbonyl (C=O) groups is 1. The highest BCUT2D eigenvalue weighted by Crippen LogP contribution is 2.35. The van der Waals surface area contributed by atoms with E-state index in [9.17, 15) is 9.59 Å². The van der Waals surface area contributed by atoms with Crippen molar-refractivity contribution >= 4 is 22.4 Å². The molecule has 0 bridgehead atoms. The summed E-state index contributed by atoms with van der Waals surface area (Å²) in [5.41, 5.74) is 2.39. The van der Waals surface area contributed by atoms with Crippen LogP contribution in [0.5, 0.6) is 0 Å². The second kappa shape index (κ2) is 6.25. The Labute approximate surface area is 148 Å². The number of nitrogens with one attached hydrogen (secondary N) is 1. The predicted octanol–water partition coefficient (Wildman–Crippen LogP) is 3.26. The highest BCUT2D eigenvalue weighted by molar-refractivity contribution is 7.14. The quantitative estimate of drug-likeness (QED) is 0.782. The average molecular weight is 352 g/mol. The SMILES string of the molecule is Cc1cc(=O)c(C(=O)Nc2nc(-c3cccnc3)cs2)cn1C1CC1. The summed E-state index contributed by atoms with van der Waals surface area (Å²) in [5, 5.41) is 5.04. The number of carbonyl (C=O) groups excluding carboxylic acids is 1. The van der Waals surface area contributed by atoms with Gasteiger partial charge in [-0.05, 0) is 31.9 Å². The first-order valence-electron chi connectivity index (χ1n) is 8.02. The number of aromatic nitrogens is 3. The van der Waals surface area contributed by atoms with Gasteiger partial charge in [0.25, 0.3) is 5.91 Å². The molecule has 6 nitrogen and oxygen atoms in total. The zero-order chi connectivity index (χ0) is 17.4. The van der Waals surface area contributed by atoms with Gasteiger partial charge < -0.3 is 4.57 Å². The minimum absolute atomic E-state index is 0.149. The fourth-order valence-electron chi connectivity index (χ4n) is 2.71. The van der Waals surface area contributed by atoms with E-state index in [0.29, 0.717) is 11.2 Å². The van der Waals surface area contributed by atoms with Crippen LogP contribution in [-0.4, -0.2) is 20.4 Å². The van der Waals surface area contributed by atoms with Gasteiger partial charge in [0, 0.05) is 47.3 Å². The summed E-state index contributed by atoms with van der Waals surface area (Å²) in [7, 11) is 0. The maximum atomic E-state index is 12.5. The van der Waals surface area contributed by atoms with Crippen molar-refractivity contribution in [2.75, 3.05) is 5.32 Å². The number of rotatable bonds is 4. The number of amides is 1. The summed E-state index contributed by atoms with van der Waals surface area (Å²) in [6.45, 7) is 1.89. The van der Waals surface area contributed by atoms with Gasteiger partial charge in [-0.3, -0.25) is 19.9 Å². The van der Waals surface area contributed by atoms with Crippen LogP contribution in [0.15, 0.2) is 47.0 Å². The molecule has 25 heavy (non-hydrogen) atoms. The van der Waals surface area contributed by atoms with Crippen LogP contribution in [0.1, 0.15) is 34.9 Å². The molecule has 1 aliphatic rings. The van der Waals surface area contributed by atoms with E-state index < -0.39 is 5.91 Å². The zero-order valence-corrected chi connectivity index (χ0v) is 14.4. The lowest BCUT2D eigenvalue weighted by atomic mass is 10.2. The molecule has 0 radical (unpaired) electrons. The minimum atomic E-state index is -0.425. The highest BCUT2D eigenvalue weighted by Gasteiger charge is 2.25. The molecule has 0 unspecified atom stereocenters. The molecule has 7 heteroatoms. The monoisotopic (exact) mass is 352 g/mol. The lowest BCUT2D eigenvalue weighted by molar-refractivity contribution is 0.102. The molecule has 0 aromatic carbocycles. The topological polar surface area (TPSA) is 76.9 Å². The van der Waals surface area contributed by atoms with Gasteiger partial charge in [0.15, 0.2) is 10.6 Å². The molecule has 1 N–H and O–H groups in total. The Morgan fingerprint density at radius 1 is 1.40 bits per heavy atom. The summed E-state index contributed by atoms with van der Waals surface area (Å²) in [5.74, 6) is -0.425. The number of thiazole rings is 1. The van der Waals surface area contributed by atoms with Crippen LogP contribution < -0.4 is 10.7 Å². The third-order valence-corrected chi connectivity index (χ3v) is 4.91. The van der Waals surface area contributed by atoms with Crippen LogP contribution in [0.25, 0.3) is 11.3 Å². The fraction of sp³-hybridized carbons (Fsp3) is 0.222. The number of hydrogen-bond acceptors (Lipinski definition) is 5. The van der Waals surface area contributed by atoms with E-state index in [1.165, 1.54) is 17.4 Å². The molecule has 126 valence electrons. The fourth-order valence-corrected chi connectivity index (χ4v) is 3.42. The van der Waals surface area contributed by atoms with Crippen molar-refractivity contribution in [1.82, 2.24) is 14.5 Å². The smallest absolute Gasteiger partial charge is 0.262 e. The molecule has 1 amide bonds. The number of anilines is 1. The van der Waals surface area contributed by atoms with Gasteiger partial charge in [-0.1, -0.05) is 0 Å². The molecular formula is C18H16N4O2S. The van der Waals surface area contributed by atoms with E-state index in [-0.39, 0.29) is 11.0 Å². The first-order chi connectivity index (χ1) is 12.1. The van der Waals surface area contributed by atoms with E-state index in [1.54, 1.807) is 18.6 Å². The van der Waals surface area contributed by atoms with Crippen LogP contribution in [0.4, 0.5) is 5.13 Å². The average Bonchev–Trinajstić information content (AvgIpc) is 3.34. The molecule has 1 saturated carbocycles. The Morgan fingerprint density at radius 2 is 2.24 bits per heavy atom. The number of hydrogen-bond donors (Lipinski definition) is 1. The molecule has 3 aromatic heterocycles. The molecule has 0 aliphatic heterocycles. The standard InChI is InChI=1S/C18H16N4O2S/c1-11-7-16(23)14(9-22(11)13-4-5-13)17(24)21-18-20-15(10-25-18)12-3-2-6-19-8-12/h2-3,6-10,13H,4-5H2,1H3,(H,20,21,24). The van der Waals surface area contributed by atoms with Crippen molar-refractivity contribution in [3.8, 4) is 11.3 Å². The van der Waals surface area contributed by atoms with Crippen LogP contribution in [0.2, 0.25) is 0 Å². The van der Waals surface area contributed by atoms with Crippen molar-refractivity contribution in [2.24, 2.45) is 0 Å². The predicted molar refractivity (Wildman–Crippen MR) is 97.0 cm³/mol. The Morgan fingerprint density at radius 3 is 2.96 bits per heavy atom. The highest BCUT2D eigenvalue weighted by atomic mass is 32.1. The van der Waals surface area contributed by atoms with Gasteiger partial charge in [-0.2, -0.15) is 0 Å². The Bertz CT molecular complexity index is 990. The van der Waals surface area contributed by atoms with Gasteiger partial charge in [0.05, 0.1) is 5.69 Å². The normalized spacial score (nSPS) is 13.6. The van der Waals surface area contributed by atoms with Crippen molar-refractivity contribution in [1.29, 1.82) is 0 Å². The molecule has 0 spiro atoms. The summed E-state index contributed by atoms with van der Waals surface area (Å²) >= 11 is 1.32. The van der Waals surface area contributed by atoms with Crippen molar-refractivity contribution in [3.63, 3.8) is 0 Å². The third-order valence-electron chi connectivity index (χ3n) is 4.15. The molecule has 1 aliphatic carbocycles. The van der Waals surface area contributed by atoms with Crippen LogP contribution in [0.3, 0.4) is 0 Å². The first kappa shape index (κ1) is 15.7. The number of aryl methyl sites for hydroxylation is 1. The Hall–Kier alpha value is -2.80. The zero-order valence-electron chi connectivity index (χ0n) is 13.6. The van der Waals surface area contributed by atoms with E-state index in [2.05, 4.69) is 15.3 Å². The number of nitrogens with zero attached hydrogens (tertiary/aromatic N) is 3. The lowest BCUT2D eigenvalue weighted by Crippen LogP contribution is -2.23. The summed E-state index contributed by atoms with van der Waals surface area (Å²) in [6.07, 6.45) is 7.26. The summed E-state index contributed by atoms with van der Waals surface area (Å²) in [6, 6.07) is 5.67. The summed E-state index contributed by atoms with van der Waals surface area (Å²) in [4.78, 5) is 33.2. The van der Waals surface area contributed by atoms with Crippen molar-refractivity contribution in [2.45, 2.75) is 25.8 Å². The van der Waals surface area contributed by atoms with Crippen molar-refractivity contribution < 1.29 is 4.79 Å². The van der Waals surface area contributed by atoms with Gasteiger partial charge in [-0.15, -0.1) is 11.3 Å². The largest absolute Gasteiger partial charge is 0.348 e. The maximum Gasteiger partial charge on any atom is 0.262 e. The second-order valence-corrected chi connectivity index (χ2v) is 6.92. The molecule has 4 rings (SSSR count). The maximum absolute atomic E-state index is 12.5. The lowest BCUT2D eigenvalue weighted by Gasteiger charge is -2.11. The summed E-state index contributed by atoms with van der Waals surface area (Å²) < 4.78 is 2.01. The first-order valence-corrected chi connectivity index (χ1v) is 8.90. The molecule has 3 aromatic rings. The third kappa shape index (κ3) is 3.23. The molecule has 0 atom stereocenters. The van der Waals surface area contributed by atoms with Gasteiger partial charge in [0.2, 0.25) is 0 Å². The van der Waals surface area contributed by atoms with E-state index >= 15 is 0 Å². The van der Waals surface area contributed by atoms with Crippen LogP contribution >= 0.6 is 11.3 Å². The van der Waals surface area contributed by atoms with Crippen molar-refractivity contribution in [3.05, 3.63) is 63.7 Å².